The summed E-state index contributed by atoms with van der Waals surface area (Å²) in [5.41, 5.74) is 10.6. The predicted molar refractivity (Wildman–Crippen MR) is 66.9 cm³/mol. The number of primary amides is 1. The van der Waals surface area contributed by atoms with Crippen LogP contribution in [-0.2, 0) is 4.79 Å². The standard InChI is InChI=1S/C10H18N6O2/c1-5(2)18-10-15-8(12)14-9(16-10)13-6(3)4-7(11)17/h5-6H,4H2,1-3H3,(H2,11,17)(H3,12,13,14,15,16). The maximum Gasteiger partial charge on any atom is 0.323 e. The van der Waals surface area contributed by atoms with E-state index in [1.54, 1.807) is 6.92 Å². The molecule has 1 unspecified atom stereocenters. The van der Waals surface area contributed by atoms with Gasteiger partial charge in [0.2, 0.25) is 17.8 Å². The van der Waals surface area contributed by atoms with Crippen LogP contribution in [0, 0.1) is 0 Å². The molecular formula is C10H18N6O2. The summed E-state index contributed by atoms with van der Waals surface area (Å²) in [5.74, 6) is -0.1000. The number of hydrogen-bond acceptors (Lipinski definition) is 7. The third-order valence-corrected chi connectivity index (χ3v) is 1.86. The summed E-state index contributed by atoms with van der Waals surface area (Å²) < 4.78 is 5.32. The zero-order valence-corrected chi connectivity index (χ0v) is 10.7. The van der Waals surface area contributed by atoms with Gasteiger partial charge in [0.1, 0.15) is 0 Å². The van der Waals surface area contributed by atoms with Gasteiger partial charge in [-0.15, -0.1) is 0 Å². The number of aromatic nitrogens is 3. The Morgan fingerprint density at radius 2 is 2.00 bits per heavy atom. The van der Waals surface area contributed by atoms with Crippen LogP contribution in [0.2, 0.25) is 0 Å². The van der Waals surface area contributed by atoms with Crippen LogP contribution >= 0.6 is 0 Å². The van der Waals surface area contributed by atoms with E-state index in [0.29, 0.717) is 0 Å². The number of rotatable bonds is 6. The van der Waals surface area contributed by atoms with Crippen molar-refractivity contribution in [3.05, 3.63) is 0 Å². The number of nitrogen functional groups attached to an aromatic ring is 1. The minimum atomic E-state index is -0.407. The van der Waals surface area contributed by atoms with E-state index < -0.39 is 5.91 Å². The molecule has 100 valence electrons. The average Bonchev–Trinajstić information content (AvgIpc) is 2.12. The van der Waals surface area contributed by atoms with Gasteiger partial charge in [0, 0.05) is 12.5 Å². The maximum absolute atomic E-state index is 10.8. The van der Waals surface area contributed by atoms with Crippen molar-refractivity contribution in [2.45, 2.75) is 39.3 Å². The quantitative estimate of drug-likeness (QED) is 0.647. The van der Waals surface area contributed by atoms with Gasteiger partial charge in [-0.1, -0.05) is 0 Å². The van der Waals surface area contributed by atoms with E-state index in [9.17, 15) is 4.79 Å². The summed E-state index contributed by atoms with van der Waals surface area (Å²) in [6, 6.07) is -0.0533. The first-order valence-corrected chi connectivity index (χ1v) is 5.60. The lowest BCUT2D eigenvalue weighted by Crippen LogP contribution is -2.25. The van der Waals surface area contributed by atoms with Crippen molar-refractivity contribution in [2.24, 2.45) is 5.73 Å². The highest BCUT2D eigenvalue weighted by Gasteiger charge is 2.11. The SMILES string of the molecule is CC(CC(N)=O)Nc1nc(N)nc(OC(C)C)n1. The van der Waals surface area contributed by atoms with E-state index in [-0.39, 0.29) is 36.5 Å². The minimum absolute atomic E-state index is 0.0504. The van der Waals surface area contributed by atoms with Gasteiger partial charge in [-0.2, -0.15) is 15.0 Å². The van der Waals surface area contributed by atoms with E-state index in [4.69, 9.17) is 16.2 Å². The Kier molecular flexibility index (Phi) is 4.64. The van der Waals surface area contributed by atoms with Crippen molar-refractivity contribution >= 4 is 17.8 Å². The Morgan fingerprint density at radius 3 is 2.56 bits per heavy atom. The van der Waals surface area contributed by atoms with Crippen molar-refractivity contribution in [1.82, 2.24) is 15.0 Å². The van der Waals surface area contributed by atoms with Crippen LogP contribution in [0.3, 0.4) is 0 Å². The number of nitrogens with one attached hydrogen (secondary N) is 1. The van der Waals surface area contributed by atoms with E-state index in [1.165, 1.54) is 0 Å². The molecule has 0 aliphatic rings. The molecule has 1 rings (SSSR count). The van der Waals surface area contributed by atoms with E-state index >= 15 is 0 Å². The molecule has 1 aromatic rings. The van der Waals surface area contributed by atoms with Crippen LogP contribution < -0.4 is 21.5 Å². The predicted octanol–water partition coefficient (Wildman–Crippen LogP) is -0.0832. The third-order valence-electron chi connectivity index (χ3n) is 1.86. The molecule has 1 heterocycles. The summed E-state index contributed by atoms with van der Waals surface area (Å²) in [6.45, 7) is 5.49. The molecule has 1 aromatic heterocycles. The second-order valence-electron chi connectivity index (χ2n) is 4.18. The van der Waals surface area contributed by atoms with Crippen LogP contribution in [0.1, 0.15) is 27.2 Å². The molecule has 0 aromatic carbocycles. The van der Waals surface area contributed by atoms with Gasteiger partial charge in [0.15, 0.2) is 0 Å². The van der Waals surface area contributed by atoms with Crippen LogP contribution in [0.25, 0.3) is 0 Å². The molecule has 0 fully saturated rings. The summed E-state index contributed by atoms with van der Waals surface area (Å²) in [7, 11) is 0. The second-order valence-corrected chi connectivity index (χ2v) is 4.18. The minimum Gasteiger partial charge on any atom is -0.461 e. The average molecular weight is 254 g/mol. The van der Waals surface area contributed by atoms with Crippen LogP contribution in [-0.4, -0.2) is 33.0 Å². The number of carbonyl (C=O) groups is 1. The Hall–Kier alpha value is -2.12. The number of anilines is 2. The van der Waals surface area contributed by atoms with Crippen molar-refractivity contribution in [1.29, 1.82) is 0 Å². The largest absolute Gasteiger partial charge is 0.461 e. The molecule has 18 heavy (non-hydrogen) atoms. The lowest BCUT2D eigenvalue weighted by atomic mass is 10.2. The Morgan fingerprint density at radius 1 is 1.33 bits per heavy atom. The first-order chi connectivity index (χ1) is 8.36. The number of nitrogens with zero attached hydrogens (tertiary/aromatic N) is 3. The molecular weight excluding hydrogens is 236 g/mol. The molecule has 5 N–H and O–H groups in total. The van der Waals surface area contributed by atoms with E-state index in [1.807, 2.05) is 13.8 Å². The highest BCUT2D eigenvalue weighted by atomic mass is 16.5. The summed E-state index contributed by atoms with van der Waals surface area (Å²) in [5, 5.41) is 2.90. The van der Waals surface area contributed by atoms with Crippen molar-refractivity contribution in [3.8, 4) is 6.01 Å². The van der Waals surface area contributed by atoms with Crippen molar-refractivity contribution in [3.63, 3.8) is 0 Å². The fraction of sp³-hybridized carbons (Fsp3) is 0.600. The number of carbonyl (C=O) groups excluding carboxylic acids is 1. The lowest BCUT2D eigenvalue weighted by molar-refractivity contribution is -0.118. The Balaban J connectivity index is 2.76. The fourth-order valence-corrected chi connectivity index (χ4v) is 1.27. The molecule has 1 atom stereocenters. The first kappa shape index (κ1) is 13.9. The molecule has 1 amide bonds. The molecule has 0 aliphatic heterocycles. The van der Waals surface area contributed by atoms with Crippen molar-refractivity contribution < 1.29 is 9.53 Å². The Labute approximate surface area is 105 Å². The number of amides is 1. The normalized spacial score (nSPS) is 12.2. The van der Waals surface area contributed by atoms with Crippen LogP contribution in [0.5, 0.6) is 6.01 Å². The molecule has 0 aliphatic carbocycles. The first-order valence-electron chi connectivity index (χ1n) is 5.60. The monoisotopic (exact) mass is 254 g/mol. The summed E-state index contributed by atoms with van der Waals surface area (Å²) >= 11 is 0. The van der Waals surface area contributed by atoms with Crippen LogP contribution in [0.4, 0.5) is 11.9 Å². The molecule has 0 saturated heterocycles. The number of ether oxygens (including phenoxy) is 1. The van der Waals surface area contributed by atoms with Gasteiger partial charge >= 0.3 is 6.01 Å². The maximum atomic E-state index is 10.8. The van der Waals surface area contributed by atoms with E-state index in [2.05, 4.69) is 20.3 Å². The van der Waals surface area contributed by atoms with Crippen LogP contribution in [0.15, 0.2) is 0 Å². The Bertz CT molecular complexity index is 423. The van der Waals surface area contributed by atoms with Gasteiger partial charge in [-0.25, -0.2) is 0 Å². The molecule has 0 saturated carbocycles. The van der Waals surface area contributed by atoms with Gasteiger partial charge in [-0.05, 0) is 20.8 Å². The molecule has 0 bridgehead atoms. The molecule has 0 spiro atoms. The zero-order chi connectivity index (χ0) is 13.7. The number of nitrogens with two attached hydrogens (primary N) is 2. The summed E-state index contributed by atoms with van der Waals surface area (Å²) in [6.07, 6.45) is 0.106. The smallest absolute Gasteiger partial charge is 0.323 e. The second kappa shape index (κ2) is 5.99. The fourth-order valence-electron chi connectivity index (χ4n) is 1.27. The van der Waals surface area contributed by atoms with Gasteiger partial charge < -0.3 is 21.5 Å². The van der Waals surface area contributed by atoms with Gasteiger partial charge in [-0.3, -0.25) is 4.79 Å². The molecule has 8 heteroatoms. The molecule has 0 radical (unpaired) electrons. The van der Waals surface area contributed by atoms with Gasteiger partial charge in [0.05, 0.1) is 6.10 Å². The third kappa shape index (κ3) is 4.81. The zero-order valence-electron chi connectivity index (χ0n) is 10.7. The van der Waals surface area contributed by atoms with Gasteiger partial charge in [0.25, 0.3) is 0 Å². The number of hydrogen-bond donors (Lipinski definition) is 3. The van der Waals surface area contributed by atoms with E-state index in [0.717, 1.165) is 0 Å². The highest BCUT2D eigenvalue weighted by Crippen LogP contribution is 2.11. The molecule has 8 nitrogen and oxygen atoms in total. The summed E-state index contributed by atoms with van der Waals surface area (Å²) in [4.78, 5) is 22.5. The topological polar surface area (TPSA) is 129 Å². The van der Waals surface area contributed by atoms with Crippen molar-refractivity contribution in [2.75, 3.05) is 11.1 Å². The lowest BCUT2D eigenvalue weighted by Gasteiger charge is -2.13. The highest BCUT2D eigenvalue weighted by molar-refractivity contribution is 5.74.